The third kappa shape index (κ3) is 3.10. The van der Waals surface area contributed by atoms with Crippen LogP contribution < -0.4 is 0 Å². The number of alkyl halides is 1. The quantitative estimate of drug-likeness (QED) is 0.771. The molecule has 0 aliphatic heterocycles. The summed E-state index contributed by atoms with van der Waals surface area (Å²) < 4.78 is 0. The Labute approximate surface area is 97.6 Å². The van der Waals surface area contributed by atoms with Gasteiger partial charge in [-0.2, -0.15) is 0 Å². The number of carbonyl (C=O) groups excluding carboxylic acids is 1. The number of aryl methyl sites for hydroxylation is 1. The molecule has 1 unspecified atom stereocenters. The minimum Gasteiger partial charge on any atom is -0.299 e. The van der Waals surface area contributed by atoms with Crippen LogP contribution in [0.5, 0.6) is 0 Å². The van der Waals surface area contributed by atoms with E-state index in [-0.39, 0.29) is 10.6 Å². The number of hydrogen-bond acceptors (Lipinski definition) is 1. The van der Waals surface area contributed by atoms with E-state index in [1.54, 1.807) is 6.92 Å². The highest BCUT2D eigenvalue weighted by atomic mass is 79.9. The molecule has 1 aromatic carbocycles. The summed E-state index contributed by atoms with van der Waals surface area (Å²) in [6.45, 7) is 3.56. The smallest absolute Gasteiger partial charge is 0.143 e. The van der Waals surface area contributed by atoms with Gasteiger partial charge in [0.05, 0.1) is 4.83 Å². The van der Waals surface area contributed by atoms with Gasteiger partial charge in [-0.25, -0.2) is 0 Å². The monoisotopic (exact) mass is 274 g/mol. The van der Waals surface area contributed by atoms with Crippen LogP contribution in [0, 0.1) is 6.92 Å². The van der Waals surface area contributed by atoms with Crippen LogP contribution in [0.15, 0.2) is 18.2 Å². The van der Waals surface area contributed by atoms with Crippen molar-refractivity contribution in [3.63, 3.8) is 0 Å². The van der Waals surface area contributed by atoms with Gasteiger partial charge in [0.15, 0.2) is 0 Å². The molecule has 76 valence electrons. The highest BCUT2D eigenvalue weighted by Crippen LogP contribution is 2.21. The number of carbonyl (C=O) groups is 1. The van der Waals surface area contributed by atoms with Crippen LogP contribution in [-0.2, 0) is 11.2 Å². The fraction of sp³-hybridized carbons (Fsp3) is 0.364. The summed E-state index contributed by atoms with van der Waals surface area (Å²) in [6.07, 6.45) is 0.647. The number of benzene rings is 1. The van der Waals surface area contributed by atoms with Gasteiger partial charge in [-0.15, -0.1) is 0 Å². The Bertz CT molecular complexity index is 349. The number of halogens is 2. The summed E-state index contributed by atoms with van der Waals surface area (Å²) in [5.41, 5.74) is 2.14. The predicted molar refractivity (Wildman–Crippen MR) is 63.3 cm³/mol. The van der Waals surface area contributed by atoms with E-state index in [1.807, 2.05) is 25.1 Å². The van der Waals surface area contributed by atoms with E-state index in [9.17, 15) is 4.79 Å². The Morgan fingerprint density at radius 2 is 2.21 bits per heavy atom. The first-order valence-electron chi connectivity index (χ1n) is 4.40. The number of ketones is 1. The van der Waals surface area contributed by atoms with Crippen molar-refractivity contribution in [3.8, 4) is 0 Å². The van der Waals surface area contributed by atoms with Crippen molar-refractivity contribution < 1.29 is 4.79 Å². The number of Topliss-reactive ketones (excluding diaryl/α,β-unsaturated/α-hetero) is 1. The molecule has 0 fully saturated rings. The Kier molecular flexibility index (Phi) is 4.14. The molecule has 3 heteroatoms. The van der Waals surface area contributed by atoms with Crippen molar-refractivity contribution in [2.24, 2.45) is 0 Å². The summed E-state index contributed by atoms with van der Waals surface area (Å²) in [7, 11) is 0. The molecule has 0 bridgehead atoms. The Hall–Kier alpha value is -0.340. The molecule has 0 aliphatic rings. The van der Waals surface area contributed by atoms with Crippen LogP contribution in [-0.4, -0.2) is 10.6 Å². The predicted octanol–water partition coefficient (Wildman–Crippen LogP) is 3.54. The maximum atomic E-state index is 11.0. The second-order valence-electron chi connectivity index (χ2n) is 3.38. The number of hydrogen-bond donors (Lipinski definition) is 0. The molecule has 1 aromatic rings. The molecule has 0 saturated carbocycles. The van der Waals surface area contributed by atoms with Crippen molar-refractivity contribution in [1.29, 1.82) is 0 Å². The number of rotatable bonds is 3. The lowest BCUT2D eigenvalue weighted by Crippen LogP contribution is -2.12. The third-order valence-corrected chi connectivity index (χ3v) is 3.37. The summed E-state index contributed by atoms with van der Waals surface area (Å²) >= 11 is 9.37. The zero-order valence-corrected chi connectivity index (χ0v) is 10.5. The van der Waals surface area contributed by atoms with E-state index in [2.05, 4.69) is 15.9 Å². The fourth-order valence-corrected chi connectivity index (χ4v) is 1.82. The molecule has 0 N–H and O–H groups in total. The minimum absolute atomic E-state index is 0.127. The highest BCUT2D eigenvalue weighted by Gasteiger charge is 2.12. The minimum atomic E-state index is -0.136. The molecule has 0 spiro atoms. The highest BCUT2D eigenvalue weighted by molar-refractivity contribution is 9.10. The van der Waals surface area contributed by atoms with Gasteiger partial charge in [0.2, 0.25) is 0 Å². The van der Waals surface area contributed by atoms with Crippen molar-refractivity contribution in [3.05, 3.63) is 34.3 Å². The van der Waals surface area contributed by atoms with Crippen LogP contribution in [0.25, 0.3) is 0 Å². The molecular formula is C11H12BrClO. The lowest BCUT2D eigenvalue weighted by molar-refractivity contribution is -0.116. The zero-order valence-electron chi connectivity index (χ0n) is 8.18. The van der Waals surface area contributed by atoms with Gasteiger partial charge in [0, 0.05) is 5.02 Å². The van der Waals surface area contributed by atoms with Crippen molar-refractivity contribution in [2.45, 2.75) is 25.1 Å². The van der Waals surface area contributed by atoms with Crippen LogP contribution in [0.1, 0.15) is 18.1 Å². The molecule has 0 aromatic heterocycles. The summed E-state index contributed by atoms with van der Waals surface area (Å²) in [5.74, 6) is 0.127. The molecule has 0 heterocycles. The maximum Gasteiger partial charge on any atom is 0.143 e. The van der Waals surface area contributed by atoms with E-state index in [1.165, 1.54) is 0 Å². The Morgan fingerprint density at radius 3 is 2.71 bits per heavy atom. The first-order chi connectivity index (χ1) is 6.50. The summed E-state index contributed by atoms with van der Waals surface area (Å²) in [5, 5.41) is 0.732. The first-order valence-corrected chi connectivity index (χ1v) is 5.69. The molecule has 1 nitrogen and oxygen atoms in total. The average molecular weight is 276 g/mol. The van der Waals surface area contributed by atoms with Crippen molar-refractivity contribution in [1.82, 2.24) is 0 Å². The summed E-state index contributed by atoms with van der Waals surface area (Å²) in [6, 6.07) is 5.88. The van der Waals surface area contributed by atoms with Gasteiger partial charge >= 0.3 is 0 Å². The zero-order chi connectivity index (χ0) is 10.7. The first kappa shape index (κ1) is 11.7. The van der Waals surface area contributed by atoms with Gasteiger partial charge in [-0.05, 0) is 37.5 Å². The normalized spacial score (nSPS) is 12.6. The van der Waals surface area contributed by atoms with E-state index in [0.29, 0.717) is 6.42 Å². The van der Waals surface area contributed by atoms with E-state index < -0.39 is 0 Å². The molecule has 0 radical (unpaired) electrons. The summed E-state index contributed by atoms with van der Waals surface area (Å²) in [4.78, 5) is 10.9. The Morgan fingerprint density at radius 1 is 1.57 bits per heavy atom. The van der Waals surface area contributed by atoms with Gasteiger partial charge in [0.25, 0.3) is 0 Å². The van der Waals surface area contributed by atoms with Crippen LogP contribution >= 0.6 is 27.5 Å². The Balaban J connectivity index is 2.82. The molecule has 0 amide bonds. The third-order valence-electron chi connectivity index (χ3n) is 2.05. The second-order valence-corrected chi connectivity index (χ2v) is 4.89. The van der Waals surface area contributed by atoms with Crippen LogP contribution in [0.2, 0.25) is 5.02 Å². The van der Waals surface area contributed by atoms with Crippen molar-refractivity contribution in [2.75, 3.05) is 0 Å². The van der Waals surface area contributed by atoms with E-state index in [0.717, 1.165) is 16.1 Å². The molecule has 0 aliphatic carbocycles. The van der Waals surface area contributed by atoms with Crippen LogP contribution in [0.4, 0.5) is 0 Å². The van der Waals surface area contributed by atoms with Gasteiger partial charge in [-0.1, -0.05) is 39.7 Å². The molecule has 14 heavy (non-hydrogen) atoms. The molecule has 1 rings (SSSR count). The lowest BCUT2D eigenvalue weighted by atomic mass is 10.1. The van der Waals surface area contributed by atoms with Crippen LogP contribution in [0.3, 0.4) is 0 Å². The second kappa shape index (κ2) is 4.94. The van der Waals surface area contributed by atoms with Gasteiger partial charge in [-0.3, -0.25) is 4.79 Å². The van der Waals surface area contributed by atoms with Gasteiger partial charge < -0.3 is 0 Å². The molecule has 0 saturated heterocycles. The SMILES string of the molecule is CC(=O)C(Br)Cc1ccc(C)cc1Cl. The standard InChI is InChI=1S/C11H12BrClO/c1-7-3-4-9(11(13)5-7)6-10(12)8(2)14/h3-5,10H,6H2,1-2H3. The fourth-order valence-electron chi connectivity index (χ4n) is 1.15. The average Bonchev–Trinajstić information content (AvgIpc) is 2.09. The van der Waals surface area contributed by atoms with Crippen molar-refractivity contribution >= 4 is 33.3 Å². The van der Waals surface area contributed by atoms with E-state index in [4.69, 9.17) is 11.6 Å². The largest absolute Gasteiger partial charge is 0.299 e. The van der Waals surface area contributed by atoms with E-state index >= 15 is 0 Å². The maximum absolute atomic E-state index is 11.0. The van der Waals surface area contributed by atoms with Gasteiger partial charge in [0.1, 0.15) is 5.78 Å². The topological polar surface area (TPSA) is 17.1 Å². The lowest BCUT2D eigenvalue weighted by Gasteiger charge is -2.08. The molecule has 1 atom stereocenters. The molecular weight excluding hydrogens is 263 g/mol.